The number of pyridine rings is 1. The van der Waals surface area contributed by atoms with Gasteiger partial charge in [-0.3, -0.25) is 4.79 Å². The van der Waals surface area contributed by atoms with Crippen molar-refractivity contribution in [1.82, 2.24) is 4.57 Å². The van der Waals surface area contributed by atoms with E-state index in [2.05, 4.69) is 13.8 Å². The quantitative estimate of drug-likeness (QED) is 0.575. The zero-order valence-electron chi connectivity index (χ0n) is 13.9. The highest BCUT2D eigenvalue weighted by atomic mass is 127. The molecule has 1 aromatic heterocycles. The van der Waals surface area contributed by atoms with Gasteiger partial charge in [-0.25, -0.2) is 9.18 Å². The van der Waals surface area contributed by atoms with Crippen LogP contribution in [0, 0.1) is 9.39 Å². The SMILES string of the molecule is CCC.CCOC(=O)c1cn(CCO)c2cc(F)c(I)cc2c1=O. The Morgan fingerprint density at radius 1 is 1.33 bits per heavy atom. The Balaban J connectivity index is 0.000000891. The average molecular weight is 449 g/mol. The third-order valence-electron chi connectivity index (χ3n) is 2.96. The van der Waals surface area contributed by atoms with Crippen LogP contribution >= 0.6 is 22.6 Å². The lowest BCUT2D eigenvalue weighted by Gasteiger charge is -2.12. The normalized spacial score (nSPS) is 10.2. The Labute approximate surface area is 153 Å². The predicted molar refractivity (Wildman–Crippen MR) is 99.9 cm³/mol. The van der Waals surface area contributed by atoms with Crippen LogP contribution in [0.5, 0.6) is 0 Å². The number of rotatable bonds is 4. The Bertz CT molecular complexity index is 773. The van der Waals surface area contributed by atoms with Crippen molar-refractivity contribution in [3.8, 4) is 0 Å². The monoisotopic (exact) mass is 449 g/mol. The Hall–Kier alpha value is -1.48. The number of aliphatic hydroxyl groups excluding tert-OH is 1. The van der Waals surface area contributed by atoms with Gasteiger partial charge in [0.15, 0.2) is 0 Å². The first-order valence-corrected chi connectivity index (χ1v) is 8.79. The van der Waals surface area contributed by atoms with E-state index in [1.54, 1.807) is 29.5 Å². The zero-order valence-corrected chi connectivity index (χ0v) is 16.1. The van der Waals surface area contributed by atoms with Crippen LogP contribution < -0.4 is 5.43 Å². The molecule has 7 heteroatoms. The molecule has 0 aliphatic rings. The number of nitrogens with zero attached hydrogens (tertiary/aromatic N) is 1. The van der Waals surface area contributed by atoms with Gasteiger partial charge in [-0.15, -0.1) is 0 Å². The van der Waals surface area contributed by atoms with Gasteiger partial charge < -0.3 is 14.4 Å². The minimum atomic E-state index is -0.726. The molecular formula is C17H21FINO4. The summed E-state index contributed by atoms with van der Waals surface area (Å²) < 4.78 is 20.3. The molecule has 0 saturated heterocycles. The highest BCUT2D eigenvalue weighted by molar-refractivity contribution is 14.1. The van der Waals surface area contributed by atoms with Crippen LogP contribution in [-0.2, 0) is 11.3 Å². The van der Waals surface area contributed by atoms with Crippen molar-refractivity contribution < 1.29 is 19.0 Å². The molecule has 0 atom stereocenters. The van der Waals surface area contributed by atoms with E-state index >= 15 is 0 Å². The molecular weight excluding hydrogens is 428 g/mol. The number of aliphatic hydroxyl groups is 1. The van der Waals surface area contributed by atoms with E-state index < -0.39 is 17.2 Å². The van der Waals surface area contributed by atoms with Crippen LogP contribution in [0.1, 0.15) is 37.6 Å². The second kappa shape index (κ2) is 9.73. The number of ether oxygens (including phenoxy) is 1. The first kappa shape index (κ1) is 20.6. The lowest BCUT2D eigenvalue weighted by atomic mass is 10.1. The summed E-state index contributed by atoms with van der Waals surface area (Å²) in [6.45, 7) is 5.98. The standard InChI is InChI=1S/C14H13FINO4.C3H8/c1-2-21-14(20)9-7-17(3-4-18)12-6-10(15)11(16)5-8(12)13(9)19;1-3-2/h5-7,18H,2-4H2,1H3;3H2,1-2H3. The molecule has 0 saturated carbocycles. The van der Waals surface area contributed by atoms with E-state index in [1.165, 1.54) is 29.3 Å². The van der Waals surface area contributed by atoms with Crippen molar-refractivity contribution >= 4 is 39.5 Å². The molecule has 0 aliphatic heterocycles. The minimum absolute atomic E-state index is 0.125. The number of benzene rings is 1. The van der Waals surface area contributed by atoms with E-state index in [0.717, 1.165) is 0 Å². The van der Waals surface area contributed by atoms with Crippen molar-refractivity contribution in [3.05, 3.63) is 43.5 Å². The van der Waals surface area contributed by atoms with Gasteiger partial charge in [0, 0.05) is 21.7 Å². The van der Waals surface area contributed by atoms with E-state index in [-0.39, 0.29) is 34.3 Å². The van der Waals surface area contributed by atoms with Gasteiger partial charge in [0.05, 0.1) is 18.7 Å². The molecule has 0 fully saturated rings. The summed E-state index contributed by atoms with van der Waals surface area (Å²) in [5, 5.41) is 9.32. The van der Waals surface area contributed by atoms with Crippen molar-refractivity contribution in [1.29, 1.82) is 0 Å². The number of hydrogen-bond acceptors (Lipinski definition) is 4. The summed E-state index contributed by atoms with van der Waals surface area (Å²) in [4.78, 5) is 24.2. The molecule has 24 heavy (non-hydrogen) atoms. The van der Waals surface area contributed by atoms with E-state index in [1.807, 2.05) is 0 Å². The summed E-state index contributed by atoms with van der Waals surface area (Å²) >= 11 is 1.78. The third kappa shape index (κ3) is 4.76. The molecule has 0 radical (unpaired) electrons. The fourth-order valence-electron chi connectivity index (χ4n) is 2.03. The van der Waals surface area contributed by atoms with Crippen molar-refractivity contribution in [3.63, 3.8) is 0 Å². The highest BCUT2D eigenvalue weighted by Gasteiger charge is 2.17. The summed E-state index contributed by atoms with van der Waals surface area (Å²) in [6.07, 6.45) is 2.55. The topological polar surface area (TPSA) is 68.5 Å². The molecule has 1 aromatic carbocycles. The van der Waals surface area contributed by atoms with Crippen LogP contribution in [0.15, 0.2) is 23.1 Å². The number of esters is 1. The fraction of sp³-hybridized carbons (Fsp3) is 0.412. The maximum Gasteiger partial charge on any atom is 0.343 e. The molecule has 5 nitrogen and oxygen atoms in total. The van der Waals surface area contributed by atoms with Crippen molar-refractivity contribution in [2.24, 2.45) is 0 Å². The largest absolute Gasteiger partial charge is 0.462 e. The van der Waals surface area contributed by atoms with Crippen LogP contribution in [0.4, 0.5) is 4.39 Å². The summed E-state index contributed by atoms with van der Waals surface area (Å²) in [7, 11) is 0. The number of halogens is 2. The number of fused-ring (bicyclic) bond motifs is 1. The third-order valence-corrected chi connectivity index (χ3v) is 3.79. The van der Waals surface area contributed by atoms with Gasteiger partial charge in [0.1, 0.15) is 11.4 Å². The molecule has 0 spiro atoms. The summed E-state index contributed by atoms with van der Waals surface area (Å²) in [6, 6.07) is 2.62. The Morgan fingerprint density at radius 3 is 2.50 bits per heavy atom. The maximum absolute atomic E-state index is 13.7. The Morgan fingerprint density at radius 2 is 1.96 bits per heavy atom. The number of carbonyl (C=O) groups excluding carboxylic acids is 1. The van der Waals surface area contributed by atoms with Crippen LogP contribution in [-0.4, -0.2) is 28.9 Å². The molecule has 1 heterocycles. The van der Waals surface area contributed by atoms with E-state index in [0.29, 0.717) is 5.52 Å². The summed E-state index contributed by atoms with van der Waals surface area (Å²) in [5.74, 6) is -1.19. The number of aromatic nitrogens is 1. The zero-order chi connectivity index (χ0) is 18.3. The Kier molecular flexibility index (Phi) is 8.34. The molecule has 0 unspecified atom stereocenters. The maximum atomic E-state index is 13.7. The van der Waals surface area contributed by atoms with Gasteiger partial charge in [-0.05, 0) is 41.6 Å². The second-order valence-corrected chi connectivity index (χ2v) is 6.16. The van der Waals surface area contributed by atoms with Gasteiger partial charge in [-0.2, -0.15) is 0 Å². The first-order chi connectivity index (χ1) is 11.4. The first-order valence-electron chi connectivity index (χ1n) is 7.71. The lowest BCUT2D eigenvalue weighted by molar-refractivity contribution is 0.0524. The number of carbonyl (C=O) groups is 1. The predicted octanol–water partition coefficient (Wildman–Crippen LogP) is 3.33. The van der Waals surface area contributed by atoms with Crippen molar-refractivity contribution in [2.75, 3.05) is 13.2 Å². The van der Waals surface area contributed by atoms with Crippen LogP contribution in [0.3, 0.4) is 0 Å². The summed E-state index contributed by atoms with van der Waals surface area (Å²) in [5.41, 5.74) is -0.296. The van der Waals surface area contributed by atoms with Gasteiger partial charge in [0.25, 0.3) is 0 Å². The van der Waals surface area contributed by atoms with Crippen LogP contribution in [0.25, 0.3) is 10.9 Å². The molecule has 2 rings (SSSR count). The molecule has 0 aliphatic carbocycles. The van der Waals surface area contributed by atoms with E-state index in [9.17, 15) is 14.0 Å². The molecule has 2 aromatic rings. The molecule has 0 amide bonds. The fourth-order valence-corrected chi connectivity index (χ4v) is 2.50. The lowest BCUT2D eigenvalue weighted by Crippen LogP contribution is -2.21. The molecule has 0 bridgehead atoms. The van der Waals surface area contributed by atoms with Gasteiger partial charge in [-0.1, -0.05) is 20.3 Å². The van der Waals surface area contributed by atoms with Gasteiger partial charge in [0.2, 0.25) is 5.43 Å². The average Bonchev–Trinajstić information content (AvgIpc) is 2.53. The van der Waals surface area contributed by atoms with Gasteiger partial charge >= 0.3 is 5.97 Å². The van der Waals surface area contributed by atoms with Crippen LogP contribution in [0.2, 0.25) is 0 Å². The second-order valence-electron chi connectivity index (χ2n) is 5.00. The number of hydrogen-bond donors (Lipinski definition) is 1. The highest BCUT2D eigenvalue weighted by Crippen LogP contribution is 2.19. The smallest absolute Gasteiger partial charge is 0.343 e. The minimum Gasteiger partial charge on any atom is -0.462 e. The van der Waals surface area contributed by atoms with Crippen molar-refractivity contribution in [2.45, 2.75) is 33.7 Å². The molecule has 132 valence electrons. The molecule has 1 N–H and O–H groups in total. The van der Waals surface area contributed by atoms with E-state index in [4.69, 9.17) is 9.84 Å².